The van der Waals surface area contributed by atoms with Crippen LogP contribution in [0.2, 0.25) is 0 Å². The lowest BCUT2D eigenvalue weighted by Gasteiger charge is -2.32. The van der Waals surface area contributed by atoms with E-state index in [4.69, 9.17) is 0 Å². The molecular weight excluding hydrogens is 224 g/mol. The molecule has 0 spiro atoms. The molecule has 1 N–H and O–H groups in total. The zero-order valence-corrected chi connectivity index (χ0v) is 12.0. The third kappa shape index (κ3) is 3.63. The van der Waals surface area contributed by atoms with Gasteiger partial charge in [0.05, 0.1) is 0 Å². The number of carbonyl (C=O) groups is 1. The average Bonchev–Trinajstić information content (AvgIpc) is 2.97. The maximum Gasteiger partial charge on any atom is 0.317 e. The average molecular weight is 252 g/mol. The predicted molar refractivity (Wildman–Crippen MR) is 74.6 cm³/mol. The topological polar surface area (TPSA) is 32.3 Å². The van der Waals surface area contributed by atoms with Gasteiger partial charge in [0.15, 0.2) is 0 Å². The number of amides is 2. The Balaban J connectivity index is 1.90. The Morgan fingerprint density at radius 1 is 1.11 bits per heavy atom. The molecule has 0 aromatic carbocycles. The number of rotatable bonds is 4. The highest BCUT2D eigenvalue weighted by molar-refractivity contribution is 5.75. The summed E-state index contributed by atoms with van der Waals surface area (Å²) in [5.41, 5.74) is 0. The molecule has 0 radical (unpaired) electrons. The van der Waals surface area contributed by atoms with Gasteiger partial charge in [0.25, 0.3) is 0 Å². The Morgan fingerprint density at radius 2 is 1.67 bits per heavy atom. The highest BCUT2D eigenvalue weighted by Crippen LogP contribution is 2.25. The smallest absolute Gasteiger partial charge is 0.317 e. The SMILES string of the molecule is CC(C)CN(C(=O)NC1CCCC1)C1CCCC1. The van der Waals surface area contributed by atoms with E-state index in [1.807, 2.05) is 0 Å². The van der Waals surface area contributed by atoms with E-state index in [0.717, 1.165) is 6.54 Å². The van der Waals surface area contributed by atoms with Crippen LogP contribution in [0.5, 0.6) is 0 Å². The Hall–Kier alpha value is -0.730. The van der Waals surface area contributed by atoms with E-state index in [2.05, 4.69) is 24.1 Å². The Bertz CT molecular complexity index is 266. The fraction of sp³-hybridized carbons (Fsp3) is 0.933. The molecule has 104 valence electrons. The number of hydrogen-bond acceptors (Lipinski definition) is 1. The Kier molecular flexibility index (Phi) is 4.90. The second-order valence-corrected chi connectivity index (χ2v) is 6.42. The monoisotopic (exact) mass is 252 g/mol. The molecule has 3 nitrogen and oxygen atoms in total. The van der Waals surface area contributed by atoms with Crippen LogP contribution in [0.1, 0.15) is 65.2 Å². The number of hydrogen-bond donors (Lipinski definition) is 1. The molecule has 0 aliphatic heterocycles. The number of nitrogens with zero attached hydrogens (tertiary/aromatic N) is 1. The van der Waals surface area contributed by atoms with Gasteiger partial charge in [-0.15, -0.1) is 0 Å². The molecule has 0 bridgehead atoms. The van der Waals surface area contributed by atoms with Gasteiger partial charge in [0, 0.05) is 18.6 Å². The normalized spacial score (nSPS) is 21.7. The van der Waals surface area contributed by atoms with Crippen molar-refractivity contribution in [3.05, 3.63) is 0 Å². The molecule has 0 heterocycles. The van der Waals surface area contributed by atoms with E-state index in [0.29, 0.717) is 18.0 Å². The minimum atomic E-state index is 0.197. The summed E-state index contributed by atoms with van der Waals surface area (Å²) in [5.74, 6) is 0.555. The van der Waals surface area contributed by atoms with Crippen LogP contribution < -0.4 is 5.32 Å². The van der Waals surface area contributed by atoms with Crippen LogP contribution in [0.4, 0.5) is 4.79 Å². The Labute approximate surface area is 111 Å². The van der Waals surface area contributed by atoms with Crippen LogP contribution in [0.3, 0.4) is 0 Å². The van der Waals surface area contributed by atoms with Gasteiger partial charge in [-0.25, -0.2) is 4.79 Å². The van der Waals surface area contributed by atoms with Gasteiger partial charge < -0.3 is 10.2 Å². The highest BCUT2D eigenvalue weighted by atomic mass is 16.2. The van der Waals surface area contributed by atoms with Gasteiger partial charge in [-0.3, -0.25) is 0 Å². The first-order chi connectivity index (χ1) is 8.66. The van der Waals surface area contributed by atoms with E-state index in [-0.39, 0.29) is 6.03 Å². The summed E-state index contributed by atoms with van der Waals surface area (Å²) in [7, 11) is 0. The quantitative estimate of drug-likeness (QED) is 0.815. The van der Waals surface area contributed by atoms with Crippen molar-refractivity contribution >= 4 is 6.03 Å². The van der Waals surface area contributed by atoms with Crippen molar-refractivity contribution in [2.45, 2.75) is 77.3 Å². The van der Waals surface area contributed by atoms with E-state index >= 15 is 0 Å². The van der Waals surface area contributed by atoms with Gasteiger partial charge in [-0.1, -0.05) is 39.5 Å². The molecule has 0 saturated heterocycles. The van der Waals surface area contributed by atoms with Crippen LogP contribution in [-0.4, -0.2) is 29.6 Å². The van der Waals surface area contributed by atoms with E-state index in [1.165, 1.54) is 51.4 Å². The van der Waals surface area contributed by atoms with Crippen LogP contribution in [-0.2, 0) is 0 Å². The first-order valence-electron chi connectivity index (χ1n) is 7.74. The molecule has 2 rings (SSSR count). The third-order valence-electron chi connectivity index (χ3n) is 4.27. The van der Waals surface area contributed by atoms with E-state index in [1.54, 1.807) is 0 Å². The summed E-state index contributed by atoms with van der Waals surface area (Å²) in [6, 6.07) is 1.13. The van der Waals surface area contributed by atoms with Crippen molar-refractivity contribution in [2.75, 3.05) is 6.54 Å². The molecular formula is C15H28N2O. The molecule has 18 heavy (non-hydrogen) atoms. The first kappa shape index (κ1) is 13.7. The number of nitrogens with one attached hydrogen (secondary N) is 1. The standard InChI is InChI=1S/C15H28N2O/c1-12(2)11-17(14-9-5-6-10-14)15(18)16-13-7-3-4-8-13/h12-14H,3-11H2,1-2H3,(H,16,18). The maximum atomic E-state index is 12.4. The molecule has 3 heteroatoms. The van der Waals surface area contributed by atoms with Crippen LogP contribution in [0, 0.1) is 5.92 Å². The lowest BCUT2D eigenvalue weighted by atomic mass is 10.1. The van der Waals surface area contributed by atoms with Crippen molar-refractivity contribution < 1.29 is 4.79 Å². The molecule has 2 aliphatic carbocycles. The Morgan fingerprint density at radius 3 is 2.22 bits per heavy atom. The molecule has 0 unspecified atom stereocenters. The fourth-order valence-electron chi connectivity index (χ4n) is 3.33. The van der Waals surface area contributed by atoms with Gasteiger partial charge in [-0.2, -0.15) is 0 Å². The van der Waals surface area contributed by atoms with Gasteiger partial charge in [0.2, 0.25) is 0 Å². The molecule has 2 aliphatic rings. The predicted octanol–water partition coefficient (Wildman–Crippen LogP) is 3.54. The summed E-state index contributed by atoms with van der Waals surface area (Å²) >= 11 is 0. The molecule has 0 aromatic rings. The summed E-state index contributed by atoms with van der Waals surface area (Å²) in [6.45, 7) is 5.30. The van der Waals surface area contributed by atoms with Crippen molar-refractivity contribution in [3.8, 4) is 0 Å². The second kappa shape index (κ2) is 6.44. The van der Waals surface area contributed by atoms with E-state index < -0.39 is 0 Å². The lowest BCUT2D eigenvalue weighted by molar-refractivity contribution is 0.162. The van der Waals surface area contributed by atoms with Gasteiger partial charge in [0.1, 0.15) is 0 Å². The van der Waals surface area contributed by atoms with Crippen molar-refractivity contribution in [2.24, 2.45) is 5.92 Å². The van der Waals surface area contributed by atoms with Crippen LogP contribution in [0.25, 0.3) is 0 Å². The van der Waals surface area contributed by atoms with Gasteiger partial charge >= 0.3 is 6.03 Å². The number of urea groups is 1. The zero-order valence-electron chi connectivity index (χ0n) is 12.0. The molecule has 2 amide bonds. The maximum absolute atomic E-state index is 12.4. The fourth-order valence-corrected chi connectivity index (χ4v) is 3.33. The molecule has 0 atom stereocenters. The molecule has 2 fully saturated rings. The van der Waals surface area contributed by atoms with Crippen molar-refractivity contribution in [1.29, 1.82) is 0 Å². The van der Waals surface area contributed by atoms with Crippen molar-refractivity contribution in [3.63, 3.8) is 0 Å². The van der Waals surface area contributed by atoms with Crippen molar-refractivity contribution in [1.82, 2.24) is 10.2 Å². The summed E-state index contributed by atoms with van der Waals surface area (Å²) in [4.78, 5) is 14.6. The lowest BCUT2D eigenvalue weighted by Crippen LogP contribution is -2.49. The zero-order chi connectivity index (χ0) is 13.0. The minimum absolute atomic E-state index is 0.197. The molecule has 2 saturated carbocycles. The minimum Gasteiger partial charge on any atom is -0.335 e. The molecule has 0 aromatic heterocycles. The third-order valence-corrected chi connectivity index (χ3v) is 4.27. The van der Waals surface area contributed by atoms with E-state index in [9.17, 15) is 4.79 Å². The van der Waals surface area contributed by atoms with Crippen LogP contribution in [0.15, 0.2) is 0 Å². The van der Waals surface area contributed by atoms with Crippen LogP contribution >= 0.6 is 0 Å². The summed E-state index contributed by atoms with van der Waals surface area (Å²) < 4.78 is 0. The number of carbonyl (C=O) groups excluding carboxylic acids is 1. The largest absolute Gasteiger partial charge is 0.335 e. The highest BCUT2D eigenvalue weighted by Gasteiger charge is 2.28. The summed E-state index contributed by atoms with van der Waals surface area (Å²) in [5, 5.41) is 3.25. The van der Waals surface area contributed by atoms with Gasteiger partial charge in [-0.05, 0) is 31.6 Å². The first-order valence-corrected chi connectivity index (χ1v) is 7.74. The summed E-state index contributed by atoms with van der Waals surface area (Å²) in [6.07, 6.45) is 9.87. The second-order valence-electron chi connectivity index (χ2n) is 6.42.